The molecule has 4 aromatic rings. The van der Waals surface area contributed by atoms with Crippen molar-refractivity contribution in [3.63, 3.8) is 0 Å². The van der Waals surface area contributed by atoms with E-state index in [-0.39, 0.29) is 0 Å². The van der Waals surface area contributed by atoms with E-state index in [4.69, 9.17) is 0 Å². The number of hydrogen-bond donors (Lipinski definition) is 2. The van der Waals surface area contributed by atoms with E-state index in [0.29, 0.717) is 5.82 Å². The van der Waals surface area contributed by atoms with Gasteiger partial charge < -0.3 is 10.6 Å². The molecule has 0 spiro atoms. The summed E-state index contributed by atoms with van der Waals surface area (Å²) in [5.74, 6) is 0.715. The van der Waals surface area contributed by atoms with Gasteiger partial charge in [-0.1, -0.05) is 36.9 Å². The van der Waals surface area contributed by atoms with E-state index in [9.17, 15) is 0 Å². The minimum atomic E-state index is 0.715. The van der Waals surface area contributed by atoms with Gasteiger partial charge in [-0.25, -0.2) is 9.97 Å². The van der Waals surface area contributed by atoms with Crippen molar-refractivity contribution in [3.05, 3.63) is 79.3 Å². The molecule has 0 aliphatic rings. The highest BCUT2D eigenvalue weighted by Gasteiger charge is 2.11. The first-order valence-corrected chi connectivity index (χ1v) is 8.38. The van der Waals surface area contributed by atoms with Crippen LogP contribution in [-0.2, 0) is 0 Å². The molecule has 0 unspecified atom stereocenters. The number of rotatable bonds is 5. The zero-order valence-electron chi connectivity index (χ0n) is 14.5. The van der Waals surface area contributed by atoms with Gasteiger partial charge in [-0.3, -0.25) is 4.40 Å². The second-order valence-corrected chi connectivity index (χ2v) is 5.90. The van der Waals surface area contributed by atoms with Crippen LogP contribution < -0.4 is 10.6 Å². The lowest BCUT2D eigenvalue weighted by atomic mass is 10.1. The first-order valence-electron chi connectivity index (χ1n) is 8.38. The molecule has 128 valence electrons. The molecule has 0 fully saturated rings. The van der Waals surface area contributed by atoms with Crippen molar-refractivity contribution < 1.29 is 0 Å². The topological polar surface area (TPSA) is 54.2 Å². The van der Waals surface area contributed by atoms with Crippen molar-refractivity contribution >= 4 is 28.9 Å². The van der Waals surface area contributed by atoms with E-state index in [1.54, 1.807) is 6.20 Å². The van der Waals surface area contributed by atoms with E-state index in [1.807, 2.05) is 66.3 Å². The van der Waals surface area contributed by atoms with Crippen molar-refractivity contribution in [2.75, 3.05) is 17.7 Å². The molecule has 2 aromatic carbocycles. The van der Waals surface area contributed by atoms with Crippen LogP contribution in [0.2, 0.25) is 0 Å². The maximum atomic E-state index is 4.59. The van der Waals surface area contributed by atoms with Crippen LogP contribution >= 0.6 is 0 Å². The van der Waals surface area contributed by atoms with Crippen LogP contribution in [0.5, 0.6) is 0 Å². The molecule has 0 radical (unpaired) electrons. The highest BCUT2D eigenvalue weighted by molar-refractivity contribution is 5.75. The number of imidazole rings is 1. The largest absolute Gasteiger partial charge is 0.388 e. The van der Waals surface area contributed by atoms with Gasteiger partial charge in [0.05, 0.1) is 11.9 Å². The summed E-state index contributed by atoms with van der Waals surface area (Å²) in [7, 11) is 1.90. The van der Waals surface area contributed by atoms with Gasteiger partial charge in [0.2, 0.25) is 0 Å². The SMILES string of the molecule is C=Cc1cccc(-c2cnc3c(Nc4cccc(NC)c4)nccn23)c1. The van der Waals surface area contributed by atoms with Gasteiger partial charge in [0.1, 0.15) is 0 Å². The van der Waals surface area contributed by atoms with Gasteiger partial charge >= 0.3 is 0 Å². The summed E-state index contributed by atoms with van der Waals surface area (Å²) in [5.41, 5.74) is 5.94. The smallest absolute Gasteiger partial charge is 0.180 e. The Labute approximate surface area is 152 Å². The minimum absolute atomic E-state index is 0.715. The molecular weight excluding hydrogens is 322 g/mol. The Hall–Kier alpha value is -3.60. The summed E-state index contributed by atoms with van der Waals surface area (Å²) in [6.07, 6.45) is 7.41. The lowest BCUT2D eigenvalue weighted by Crippen LogP contribution is -1.99. The molecular formula is C21H19N5. The quantitative estimate of drug-likeness (QED) is 0.546. The zero-order chi connectivity index (χ0) is 17.9. The molecule has 0 saturated heterocycles. The minimum Gasteiger partial charge on any atom is -0.388 e. The average molecular weight is 341 g/mol. The molecule has 4 rings (SSSR count). The fourth-order valence-corrected chi connectivity index (χ4v) is 2.94. The van der Waals surface area contributed by atoms with Crippen LogP contribution in [0.1, 0.15) is 5.56 Å². The number of fused-ring (bicyclic) bond motifs is 1. The highest BCUT2D eigenvalue weighted by Crippen LogP contribution is 2.26. The number of aromatic nitrogens is 3. The van der Waals surface area contributed by atoms with Crippen LogP contribution in [0.3, 0.4) is 0 Å². The Kier molecular flexibility index (Phi) is 4.11. The van der Waals surface area contributed by atoms with Crippen LogP contribution in [0, 0.1) is 0 Å². The highest BCUT2D eigenvalue weighted by atomic mass is 15.1. The van der Waals surface area contributed by atoms with Crippen LogP contribution in [0.15, 0.2) is 73.7 Å². The van der Waals surface area contributed by atoms with E-state index in [1.165, 1.54) is 0 Å². The van der Waals surface area contributed by atoms with Crippen LogP contribution in [-0.4, -0.2) is 21.4 Å². The lowest BCUT2D eigenvalue weighted by Gasteiger charge is -2.09. The Balaban J connectivity index is 1.76. The third-order valence-corrected chi connectivity index (χ3v) is 4.26. The number of nitrogens with zero attached hydrogens (tertiary/aromatic N) is 3. The van der Waals surface area contributed by atoms with E-state index in [0.717, 1.165) is 33.8 Å². The van der Waals surface area contributed by atoms with E-state index >= 15 is 0 Å². The number of nitrogens with one attached hydrogen (secondary N) is 2. The molecule has 0 atom stereocenters. The number of hydrogen-bond acceptors (Lipinski definition) is 4. The molecule has 0 aliphatic heterocycles. The van der Waals surface area contributed by atoms with Gasteiger partial charge in [-0.2, -0.15) is 0 Å². The molecule has 0 bridgehead atoms. The second-order valence-electron chi connectivity index (χ2n) is 5.90. The molecule has 26 heavy (non-hydrogen) atoms. The molecule has 5 heteroatoms. The predicted octanol–water partition coefficient (Wildman–Crippen LogP) is 4.82. The Morgan fingerprint density at radius 2 is 1.88 bits per heavy atom. The summed E-state index contributed by atoms with van der Waals surface area (Å²) in [4.78, 5) is 9.05. The Morgan fingerprint density at radius 3 is 2.73 bits per heavy atom. The standard InChI is InChI=1S/C21H19N5/c1-3-15-6-4-7-16(12-15)19-14-24-21-20(23-10-11-26(19)21)25-18-9-5-8-17(13-18)22-2/h3-14,22H,1H2,2H3,(H,23,25). The molecule has 2 aromatic heterocycles. The zero-order valence-corrected chi connectivity index (χ0v) is 14.5. The van der Waals surface area contributed by atoms with Gasteiger partial charge in [0.15, 0.2) is 11.5 Å². The van der Waals surface area contributed by atoms with Crippen molar-refractivity contribution in [1.82, 2.24) is 14.4 Å². The van der Waals surface area contributed by atoms with E-state index < -0.39 is 0 Å². The van der Waals surface area contributed by atoms with Crippen LogP contribution in [0.25, 0.3) is 23.0 Å². The van der Waals surface area contributed by atoms with Gasteiger partial charge in [0.25, 0.3) is 0 Å². The molecule has 0 saturated carbocycles. The van der Waals surface area contributed by atoms with Crippen LogP contribution in [0.4, 0.5) is 17.2 Å². The summed E-state index contributed by atoms with van der Waals surface area (Å²) in [6.45, 7) is 3.84. The number of benzene rings is 2. The van der Waals surface area contributed by atoms with Crippen molar-refractivity contribution in [2.24, 2.45) is 0 Å². The third-order valence-electron chi connectivity index (χ3n) is 4.26. The first-order chi connectivity index (χ1) is 12.8. The molecule has 2 N–H and O–H groups in total. The second kappa shape index (κ2) is 6.72. The van der Waals surface area contributed by atoms with Gasteiger partial charge in [-0.15, -0.1) is 0 Å². The molecule has 0 aliphatic carbocycles. The third kappa shape index (κ3) is 2.91. The Morgan fingerprint density at radius 1 is 1.04 bits per heavy atom. The fraction of sp³-hybridized carbons (Fsp3) is 0.0476. The van der Waals surface area contributed by atoms with Crippen molar-refractivity contribution in [2.45, 2.75) is 0 Å². The summed E-state index contributed by atoms with van der Waals surface area (Å²) in [5, 5.41) is 6.50. The normalized spacial score (nSPS) is 10.7. The molecule has 0 amide bonds. The lowest BCUT2D eigenvalue weighted by molar-refractivity contribution is 1.13. The average Bonchev–Trinajstić information content (AvgIpc) is 3.13. The fourth-order valence-electron chi connectivity index (χ4n) is 2.94. The monoisotopic (exact) mass is 341 g/mol. The van der Waals surface area contributed by atoms with Gasteiger partial charge in [-0.05, 0) is 29.8 Å². The molecule has 5 nitrogen and oxygen atoms in total. The maximum absolute atomic E-state index is 4.59. The summed E-state index contributed by atoms with van der Waals surface area (Å²) < 4.78 is 2.04. The van der Waals surface area contributed by atoms with Gasteiger partial charge in [0, 0.05) is 36.4 Å². The van der Waals surface area contributed by atoms with E-state index in [2.05, 4.69) is 39.3 Å². The van der Waals surface area contributed by atoms with Crippen molar-refractivity contribution in [3.8, 4) is 11.3 Å². The summed E-state index contributed by atoms with van der Waals surface area (Å²) in [6, 6.07) is 16.3. The molecule has 2 heterocycles. The maximum Gasteiger partial charge on any atom is 0.180 e. The number of anilines is 3. The predicted molar refractivity (Wildman–Crippen MR) is 108 cm³/mol. The first kappa shape index (κ1) is 15.9. The Bertz CT molecular complexity index is 1080. The summed E-state index contributed by atoms with van der Waals surface area (Å²) >= 11 is 0. The van der Waals surface area contributed by atoms with Crippen molar-refractivity contribution in [1.29, 1.82) is 0 Å².